The molecule has 0 radical (unpaired) electrons. The fourth-order valence-corrected chi connectivity index (χ4v) is 2.66. The van der Waals surface area contributed by atoms with E-state index < -0.39 is 33.4 Å². The van der Waals surface area contributed by atoms with Crippen molar-refractivity contribution in [3.05, 3.63) is 24.0 Å². The minimum atomic E-state index is -5.23. The van der Waals surface area contributed by atoms with Crippen molar-refractivity contribution >= 4 is 16.0 Å². The number of alkyl halides is 3. The number of aromatic nitrogens is 1. The van der Waals surface area contributed by atoms with Crippen molar-refractivity contribution in [2.45, 2.75) is 11.7 Å². The zero-order chi connectivity index (χ0) is 15.8. The highest BCUT2D eigenvalue weighted by Crippen LogP contribution is 2.40. The van der Waals surface area contributed by atoms with Gasteiger partial charge >= 0.3 is 12.1 Å². The monoisotopic (exact) mass is 314 g/mol. The second-order valence-electron chi connectivity index (χ2n) is 4.12. The van der Waals surface area contributed by atoms with Gasteiger partial charge < -0.3 is 9.30 Å². The number of carbonyl (C=O) groups is 1. The van der Waals surface area contributed by atoms with Crippen molar-refractivity contribution in [2.24, 2.45) is 7.05 Å². The van der Waals surface area contributed by atoms with Crippen molar-refractivity contribution in [3.8, 4) is 0 Å². The van der Waals surface area contributed by atoms with Crippen molar-refractivity contribution in [1.82, 2.24) is 9.29 Å². The molecule has 1 unspecified atom stereocenters. The van der Waals surface area contributed by atoms with Gasteiger partial charge in [0.2, 0.25) is 10.0 Å². The van der Waals surface area contributed by atoms with Gasteiger partial charge in [-0.2, -0.15) is 17.9 Å². The lowest BCUT2D eigenvalue weighted by molar-refractivity contribution is -0.212. The quantitative estimate of drug-likeness (QED) is 0.821. The van der Waals surface area contributed by atoms with E-state index in [9.17, 15) is 26.4 Å². The predicted molar refractivity (Wildman–Crippen MR) is 63.1 cm³/mol. The Kier molecular flexibility index (Phi) is 4.20. The molecule has 0 aromatic carbocycles. The third kappa shape index (κ3) is 2.80. The van der Waals surface area contributed by atoms with Crippen LogP contribution >= 0.6 is 0 Å². The highest BCUT2D eigenvalue weighted by Gasteiger charge is 2.65. The molecule has 1 rings (SSSR count). The number of nitrogens with one attached hydrogen (secondary N) is 1. The zero-order valence-corrected chi connectivity index (χ0v) is 11.7. The van der Waals surface area contributed by atoms with Crippen LogP contribution in [0.1, 0.15) is 5.69 Å². The standard InChI is InChI=1S/C10H13F3N2O4S/c1-15-6-4-5-7(15)9(8(16)19-2,10(11,12)13)14-20(3,17)18/h4-6,14H,1-3H3. The van der Waals surface area contributed by atoms with Crippen LogP contribution in [0.2, 0.25) is 0 Å². The molecule has 0 saturated carbocycles. The van der Waals surface area contributed by atoms with E-state index in [0.29, 0.717) is 6.26 Å². The van der Waals surface area contributed by atoms with Crippen LogP contribution in [0.4, 0.5) is 13.2 Å². The lowest BCUT2D eigenvalue weighted by Crippen LogP contribution is -2.62. The average Bonchev–Trinajstić information content (AvgIpc) is 2.68. The molecule has 114 valence electrons. The smallest absolute Gasteiger partial charge is 0.424 e. The molecule has 0 amide bonds. The number of hydrogen-bond donors (Lipinski definition) is 1. The van der Waals surface area contributed by atoms with Crippen LogP contribution in [0.15, 0.2) is 18.3 Å². The van der Waals surface area contributed by atoms with Gasteiger partial charge in [0, 0.05) is 13.2 Å². The van der Waals surface area contributed by atoms with Gasteiger partial charge in [-0.1, -0.05) is 0 Å². The molecule has 1 aromatic rings. The van der Waals surface area contributed by atoms with Crippen LogP contribution in [0.25, 0.3) is 0 Å². The first-order chi connectivity index (χ1) is 8.95. The molecule has 0 fully saturated rings. The Labute approximate surface area is 113 Å². The Morgan fingerprint density at radius 2 is 1.95 bits per heavy atom. The zero-order valence-electron chi connectivity index (χ0n) is 10.9. The first-order valence-corrected chi connectivity index (χ1v) is 7.10. The summed E-state index contributed by atoms with van der Waals surface area (Å²) in [6, 6.07) is 2.24. The largest absolute Gasteiger partial charge is 0.467 e. The van der Waals surface area contributed by atoms with Gasteiger partial charge in [0.15, 0.2) is 0 Å². The summed E-state index contributed by atoms with van der Waals surface area (Å²) < 4.78 is 69.4. The van der Waals surface area contributed by atoms with Crippen LogP contribution in [0.5, 0.6) is 0 Å². The molecule has 1 N–H and O–H groups in total. The van der Waals surface area contributed by atoms with Gasteiger partial charge in [0.1, 0.15) is 0 Å². The lowest BCUT2D eigenvalue weighted by atomic mass is 9.95. The fraction of sp³-hybridized carbons (Fsp3) is 0.500. The number of sulfonamides is 1. The van der Waals surface area contributed by atoms with Crippen molar-refractivity contribution in [1.29, 1.82) is 0 Å². The average molecular weight is 314 g/mol. The maximum absolute atomic E-state index is 13.4. The topological polar surface area (TPSA) is 77.4 Å². The minimum absolute atomic E-state index is 0.527. The van der Waals surface area contributed by atoms with E-state index in [1.807, 2.05) is 0 Å². The Hall–Kier alpha value is -1.55. The summed E-state index contributed by atoms with van der Waals surface area (Å²) >= 11 is 0. The third-order valence-corrected chi connectivity index (χ3v) is 3.26. The van der Waals surface area contributed by atoms with Gasteiger partial charge in [0.05, 0.1) is 19.1 Å². The summed E-state index contributed by atoms with van der Waals surface area (Å²) in [5, 5.41) is 0. The molecule has 1 heterocycles. The molecule has 20 heavy (non-hydrogen) atoms. The number of ether oxygens (including phenoxy) is 1. The fourth-order valence-electron chi connectivity index (χ4n) is 1.80. The van der Waals surface area contributed by atoms with Crippen LogP contribution in [0, 0.1) is 0 Å². The van der Waals surface area contributed by atoms with Gasteiger partial charge in [-0.3, -0.25) is 0 Å². The van der Waals surface area contributed by atoms with Crippen molar-refractivity contribution in [3.63, 3.8) is 0 Å². The number of nitrogens with zero attached hydrogens (tertiary/aromatic N) is 1. The van der Waals surface area contributed by atoms with Crippen LogP contribution in [-0.2, 0) is 32.1 Å². The summed E-state index contributed by atoms with van der Waals surface area (Å²) in [5.74, 6) is -1.77. The molecule has 0 saturated heterocycles. The molecule has 0 aliphatic carbocycles. The highest BCUT2D eigenvalue weighted by molar-refractivity contribution is 7.88. The minimum Gasteiger partial charge on any atom is -0.467 e. The Bertz CT molecular complexity index is 608. The molecule has 0 bridgehead atoms. The summed E-state index contributed by atoms with van der Waals surface area (Å²) in [7, 11) is -2.35. The molecule has 1 aromatic heterocycles. The van der Waals surface area contributed by atoms with Crippen molar-refractivity contribution < 1.29 is 31.1 Å². The van der Waals surface area contributed by atoms with Crippen molar-refractivity contribution in [2.75, 3.05) is 13.4 Å². The predicted octanol–water partition coefficient (Wildman–Crippen LogP) is 0.505. The number of rotatable bonds is 4. The maximum atomic E-state index is 13.4. The van der Waals surface area contributed by atoms with Crippen LogP contribution in [0.3, 0.4) is 0 Å². The summed E-state index contributed by atoms with van der Waals surface area (Å²) in [6.45, 7) is 0. The number of hydrogen-bond acceptors (Lipinski definition) is 4. The van der Waals surface area contributed by atoms with E-state index in [-0.39, 0.29) is 0 Å². The van der Waals surface area contributed by atoms with Crippen LogP contribution < -0.4 is 4.72 Å². The molecule has 0 aliphatic heterocycles. The van der Waals surface area contributed by atoms with E-state index in [4.69, 9.17) is 0 Å². The Balaban J connectivity index is 3.68. The molecular weight excluding hydrogens is 301 g/mol. The Morgan fingerprint density at radius 1 is 1.40 bits per heavy atom. The second kappa shape index (κ2) is 5.09. The van der Waals surface area contributed by atoms with Gasteiger partial charge in [0.25, 0.3) is 5.54 Å². The summed E-state index contributed by atoms with van der Waals surface area (Å²) in [6.07, 6.45) is -3.45. The number of esters is 1. The van der Waals surface area contributed by atoms with Gasteiger partial charge in [-0.15, -0.1) is 0 Å². The molecule has 10 heteroatoms. The SMILES string of the molecule is COC(=O)C(NS(C)(=O)=O)(c1cccn1C)C(F)(F)F. The van der Waals surface area contributed by atoms with Gasteiger partial charge in [-0.25, -0.2) is 13.2 Å². The first-order valence-electron chi connectivity index (χ1n) is 5.21. The molecule has 0 spiro atoms. The first kappa shape index (κ1) is 16.5. The molecular formula is C10H13F3N2O4S. The van der Waals surface area contributed by atoms with E-state index >= 15 is 0 Å². The highest BCUT2D eigenvalue weighted by atomic mass is 32.2. The number of methoxy groups -OCH3 is 1. The van der Waals surface area contributed by atoms with E-state index in [1.165, 1.54) is 24.0 Å². The molecule has 1 atom stereocenters. The number of halogens is 3. The van der Waals surface area contributed by atoms with E-state index in [0.717, 1.165) is 17.7 Å². The Morgan fingerprint density at radius 3 is 2.25 bits per heavy atom. The maximum Gasteiger partial charge on any atom is 0.424 e. The van der Waals surface area contributed by atoms with E-state index in [1.54, 1.807) is 0 Å². The molecule has 6 nitrogen and oxygen atoms in total. The number of carbonyl (C=O) groups excluding carboxylic acids is 1. The number of aryl methyl sites for hydroxylation is 1. The van der Waals surface area contributed by atoms with Gasteiger partial charge in [-0.05, 0) is 12.1 Å². The third-order valence-electron chi connectivity index (χ3n) is 2.58. The van der Waals surface area contributed by atoms with Crippen LogP contribution in [-0.4, -0.2) is 38.5 Å². The molecule has 0 aliphatic rings. The lowest BCUT2D eigenvalue weighted by Gasteiger charge is -2.33. The normalized spacial score (nSPS) is 15.7. The van der Waals surface area contributed by atoms with E-state index in [2.05, 4.69) is 4.74 Å². The summed E-state index contributed by atoms with van der Waals surface area (Å²) in [5.41, 5.74) is -4.09. The second-order valence-corrected chi connectivity index (χ2v) is 5.87. The summed E-state index contributed by atoms with van der Waals surface area (Å²) in [4.78, 5) is 11.7.